The molecule has 0 N–H and O–H groups in total. The number of benzene rings is 1. The third-order valence-corrected chi connectivity index (χ3v) is 5.24. The van der Waals surface area contributed by atoms with Crippen molar-refractivity contribution in [2.24, 2.45) is 11.8 Å². The normalized spacial score (nSPS) is 33.7. The highest BCUT2D eigenvalue weighted by molar-refractivity contribution is 6.11. The summed E-state index contributed by atoms with van der Waals surface area (Å²) >= 11 is 0. The Hall–Kier alpha value is -1.97. The quantitative estimate of drug-likeness (QED) is 0.739. The van der Waals surface area contributed by atoms with E-state index in [0.717, 1.165) is 11.1 Å². The molecule has 1 heterocycles. The zero-order valence-corrected chi connectivity index (χ0v) is 12.1. The molecule has 5 rings (SSSR count). The van der Waals surface area contributed by atoms with Crippen LogP contribution in [0.3, 0.4) is 0 Å². The summed E-state index contributed by atoms with van der Waals surface area (Å²) in [6.07, 6.45) is 0.397. The van der Waals surface area contributed by atoms with Crippen molar-refractivity contribution in [3.05, 3.63) is 35.4 Å². The van der Waals surface area contributed by atoms with Crippen LogP contribution in [-0.4, -0.2) is 28.5 Å². The number of imide groups is 1. The standard InChI is InChI=1S/C17H17NO3/c1-8(2)18-16(20)14-11-7-12(19)13(15(14)17(18)21)10-6-4-3-5-9(10)11/h3-6,8,11,13-15H,7H2,1-2H3/t11-,13-,14-,15-/m0/s1. The van der Waals surface area contributed by atoms with Crippen LogP contribution in [0.15, 0.2) is 24.3 Å². The number of fused-ring (bicyclic) bond motifs is 1. The first-order valence-electron chi connectivity index (χ1n) is 7.51. The minimum atomic E-state index is -0.471. The highest BCUT2D eigenvalue weighted by Gasteiger charge is 2.62. The number of nitrogens with zero attached hydrogens (tertiary/aromatic N) is 1. The molecular weight excluding hydrogens is 266 g/mol. The summed E-state index contributed by atoms with van der Waals surface area (Å²) in [5, 5.41) is 0. The van der Waals surface area contributed by atoms with Crippen LogP contribution in [0.4, 0.5) is 0 Å². The van der Waals surface area contributed by atoms with Gasteiger partial charge in [-0.1, -0.05) is 24.3 Å². The van der Waals surface area contributed by atoms with E-state index in [1.807, 2.05) is 38.1 Å². The Morgan fingerprint density at radius 3 is 2.29 bits per heavy atom. The van der Waals surface area contributed by atoms with Gasteiger partial charge >= 0.3 is 0 Å². The van der Waals surface area contributed by atoms with Crippen LogP contribution in [0.5, 0.6) is 0 Å². The summed E-state index contributed by atoms with van der Waals surface area (Å²) in [4.78, 5) is 39.2. The van der Waals surface area contributed by atoms with Crippen molar-refractivity contribution < 1.29 is 14.4 Å². The van der Waals surface area contributed by atoms with Crippen LogP contribution < -0.4 is 0 Å². The fourth-order valence-corrected chi connectivity index (χ4v) is 4.49. The van der Waals surface area contributed by atoms with Gasteiger partial charge in [-0.2, -0.15) is 0 Å². The molecule has 4 heteroatoms. The number of hydrogen-bond acceptors (Lipinski definition) is 3. The van der Waals surface area contributed by atoms with Crippen molar-refractivity contribution in [2.75, 3.05) is 0 Å². The van der Waals surface area contributed by atoms with Crippen LogP contribution in [0.1, 0.15) is 43.2 Å². The van der Waals surface area contributed by atoms with E-state index in [2.05, 4.69) is 0 Å². The number of ketones is 1. The smallest absolute Gasteiger partial charge is 0.234 e. The SMILES string of the molecule is CC(C)N1C(=O)[C@@H]2[C@@H](C1=O)[C@H]1CC(=O)[C@@H]2c2ccccc21. The van der Waals surface area contributed by atoms with Gasteiger partial charge in [0.2, 0.25) is 11.8 Å². The highest BCUT2D eigenvalue weighted by Crippen LogP contribution is 2.57. The van der Waals surface area contributed by atoms with E-state index in [1.54, 1.807) is 0 Å². The lowest BCUT2D eigenvalue weighted by atomic mass is 9.56. The fourth-order valence-electron chi connectivity index (χ4n) is 4.49. The molecule has 1 aromatic rings. The van der Waals surface area contributed by atoms with Crippen LogP contribution in [0.2, 0.25) is 0 Å². The van der Waals surface area contributed by atoms with Gasteiger partial charge in [0.15, 0.2) is 0 Å². The van der Waals surface area contributed by atoms with E-state index in [-0.39, 0.29) is 35.5 Å². The van der Waals surface area contributed by atoms with Crippen molar-refractivity contribution in [1.29, 1.82) is 0 Å². The van der Waals surface area contributed by atoms with Gasteiger partial charge in [-0.15, -0.1) is 0 Å². The second-order valence-electron chi connectivity index (χ2n) is 6.58. The van der Waals surface area contributed by atoms with E-state index in [1.165, 1.54) is 4.90 Å². The number of amides is 2. The molecular formula is C17H17NO3. The van der Waals surface area contributed by atoms with Crippen LogP contribution in [-0.2, 0) is 14.4 Å². The Balaban J connectivity index is 1.91. The first-order valence-corrected chi connectivity index (χ1v) is 7.51. The van der Waals surface area contributed by atoms with E-state index in [9.17, 15) is 14.4 Å². The van der Waals surface area contributed by atoms with Crippen molar-refractivity contribution >= 4 is 17.6 Å². The molecule has 4 aliphatic rings. The number of hydrogen-bond donors (Lipinski definition) is 0. The molecule has 2 amide bonds. The summed E-state index contributed by atoms with van der Waals surface area (Å²) in [5.41, 5.74) is 2.06. The average Bonchev–Trinajstić information content (AvgIpc) is 2.72. The lowest BCUT2D eigenvalue weighted by Crippen LogP contribution is -2.44. The number of Topliss-reactive ketones (excluding diaryl/α,β-unsaturated/α-hetero) is 1. The molecule has 0 spiro atoms. The number of carbonyl (C=O) groups is 3. The molecule has 2 fully saturated rings. The summed E-state index contributed by atoms with van der Waals surface area (Å²) < 4.78 is 0. The predicted octanol–water partition coefficient (Wildman–Crippen LogP) is 1.85. The minimum Gasteiger partial charge on any atom is -0.299 e. The molecule has 1 aliphatic heterocycles. The third-order valence-electron chi connectivity index (χ3n) is 5.24. The maximum absolute atomic E-state index is 12.7. The average molecular weight is 283 g/mol. The number of carbonyl (C=O) groups excluding carboxylic acids is 3. The maximum Gasteiger partial charge on any atom is 0.234 e. The van der Waals surface area contributed by atoms with Gasteiger partial charge in [0.25, 0.3) is 0 Å². The molecule has 1 saturated carbocycles. The van der Waals surface area contributed by atoms with Gasteiger partial charge in [-0.3, -0.25) is 19.3 Å². The zero-order valence-electron chi connectivity index (χ0n) is 12.1. The second kappa shape index (κ2) is 4.03. The molecule has 1 saturated heterocycles. The predicted molar refractivity (Wildman–Crippen MR) is 75.5 cm³/mol. The van der Waals surface area contributed by atoms with E-state index in [0.29, 0.717) is 6.42 Å². The monoisotopic (exact) mass is 283 g/mol. The van der Waals surface area contributed by atoms with Gasteiger partial charge in [0.1, 0.15) is 5.78 Å². The summed E-state index contributed by atoms with van der Waals surface area (Å²) in [7, 11) is 0. The fraction of sp³-hybridized carbons (Fsp3) is 0.471. The van der Waals surface area contributed by atoms with Gasteiger partial charge in [-0.25, -0.2) is 0 Å². The molecule has 0 aromatic heterocycles. The summed E-state index contributed by atoms with van der Waals surface area (Å²) in [6.45, 7) is 3.70. The molecule has 3 aliphatic carbocycles. The van der Waals surface area contributed by atoms with Gasteiger partial charge in [0, 0.05) is 18.4 Å². The molecule has 2 bridgehead atoms. The first-order chi connectivity index (χ1) is 10.0. The third kappa shape index (κ3) is 1.42. The van der Waals surface area contributed by atoms with Crippen molar-refractivity contribution in [2.45, 2.75) is 38.1 Å². The van der Waals surface area contributed by atoms with E-state index in [4.69, 9.17) is 0 Å². The van der Waals surface area contributed by atoms with Crippen LogP contribution in [0.25, 0.3) is 0 Å². The Morgan fingerprint density at radius 1 is 1.00 bits per heavy atom. The topological polar surface area (TPSA) is 54.5 Å². The molecule has 4 atom stereocenters. The molecule has 108 valence electrons. The van der Waals surface area contributed by atoms with Crippen LogP contribution >= 0.6 is 0 Å². The molecule has 21 heavy (non-hydrogen) atoms. The highest BCUT2D eigenvalue weighted by atomic mass is 16.2. The zero-order chi connectivity index (χ0) is 14.9. The Bertz CT molecular complexity index is 678. The van der Waals surface area contributed by atoms with Gasteiger partial charge in [-0.05, 0) is 25.0 Å². The van der Waals surface area contributed by atoms with Gasteiger partial charge in [0.05, 0.1) is 17.8 Å². The Labute approximate surface area is 123 Å². The van der Waals surface area contributed by atoms with E-state index >= 15 is 0 Å². The number of likely N-dealkylation sites (tertiary alicyclic amines) is 1. The number of rotatable bonds is 1. The maximum atomic E-state index is 12.7. The second-order valence-corrected chi connectivity index (χ2v) is 6.58. The summed E-state index contributed by atoms with van der Waals surface area (Å²) in [6, 6.07) is 7.65. The molecule has 1 aromatic carbocycles. The molecule has 4 nitrogen and oxygen atoms in total. The van der Waals surface area contributed by atoms with Gasteiger partial charge < -0.3 is 0 Å². The summed E-state index contributed by atoms with van der Waals surface area (Å²) in [5.74, 6) is -1.47. The Morgan fingerprint density at radius 2 is 1.62 bits per heavy atom. The largest absolute Gasteiger partial charge is 0.299 e. The first kappa shape index (κ1) is 12.7. The Kier molecular flexibility index (Phi) is 2.44. The van der Waals surface area contributed by atoms with E-state index < -0.39 is 11.8 Å². The molecule has 0 unspecified atom stereocenters. The van der Waals surface area contributed by atoms with Crippen LogP contribution in [0, 0.1) is 11.8 Å². The molecule has 0 radical (unpaired) electrons. The lowest BCUT2D eigenvalue weighted by molar-refractivity contribution is -0.142. The lowest BCUT2D eigenvalue weighted by Gasteiger charge is -2.43. The minimum absolute atomic E-state index is 0.0861. The van der Waals surface area contributed by atoms with Crippen molar-refractivity contribution in [1.82, 2.24) is 4.90 Å². The van der Waals surface area contributed by atoms with Crippen molar-refractivity contribution in [3.63, 3.8) is 0 Å². The van der Waals surface area contributed by atoms with Crippen molar-refractivity contribution in [3.8, 4) is 0 Å².